The fraction of sp³-hybridized carbons (Fsp3) is 0.464. The van der Waals surface area contributed by atoms with Crippen LogP contribution in [0.2, 0.25) is 0 Å². The van der Waals surface area contributed by atoms with Crippen molar-refractivity contribution in [2.45, 2.75) is 65.1 Å². The molecule has 0 saturated carbocycles. The first-order valence-corrected chi connectivity index (χ1v) is 12.3. The van der Waals surface area contributed by atoms with Crippen LogP contribution >= 0.6 is 0 Å². The molecule has 0 radical (unpaired) electrons. The van der Waals surface area contributed by atoms with Gasteiger partial charge < -0.3 is 14.2 Å². The molecule has 1 saturated heterocycles. The number of fused-ring (bicyclic) bond motifs is 1. The van der Waals surface area contributed by atoms with Gasteiger partial charge in [-0.25, -0.2) is 9.59 Å². The fourth-order valence-corrected chi connectivity index (χ4v) is 4.93. The average Bonchev–Trinajstić information content (AvgIpc) is 3.31. The highest BCUT2D eigenvalue weighted by molar-refractivity contribution is 5.95. The molecule has 3 aromatic rings. The number of ether oxygens (including phenoxy) is 3. The minimum absolute atomic E-state index is 0.111. The molecule has 1 aliphatic heterocycles. The third-order valence-corrected chi connectivity index (χ3v) is 6.56. The van der Waals surface area contributed by atoms with E-state index >= 15 is 0 Å². The van der Waals surface area contributed by atoms with Crippen LogP contribution in [0.25, 0.3) is 10.9 Å². The molecule has 0 bridgehead atoms. The first kappa shape index (κ1) is 25.7. The van der Waals surface area contributed by atoms with E-state index in [1.54, 1.807) is 30.1 Å². The number of esters is 1. The van der Waals surface area contributed by atoms with Gasteiger partial charge in [-0.2, -0.15) is 0 Å². The number of carbonyl (C=O) groups excluding carboxylic acids is 2. The van der Waals surface area contributed by atoms with Gasteiger partial charge in [-0.15, -0.1) is 0 Å². The lowest BCUT2D eigenvalue weighted by Gasteiger charge is -2.36. The number of aromatic nitrogens is 2. The summed E-state index contributed by atoms with van der Waals surface area (Å²) in [5.41, 5.74) is 3.57. The molecule has 36 heavy (non-hydrogen) atoms. The van der Waals surface area contributed by atoms with E-state index in [1.807, 2.05) is 45.9 Å². The Labute approximate surface area is 212 Å². The van der Waals surface area contributed by atoms with Crippen LogP contribution in [-0.4, -0.2) is 52.9 Å². The Bertz CT molecular complexity index is 1260. The van der Waals surface area contributed by atoms with Gasteiger partial charge >= 0.3 is 12.1 Å². The molecule has 0 spiro atoms. The Morgan fingerprint density at radius 1 is 1.14 bits per heavy atom. The molecule has 8 nitrogen and oxygen atoms in total. The molecule has 1 fully saturated rings. The summed E-state index contributed by atoms with van der Waals surface area (Å²) in [7, 11) is 3.04. The van der Waals surface area contributed by atoms with Crippen molar-refractivity contribution in [1.82, 2.24) is 14.5 Å². The van der Waals surface area contributed by atoms with Gasteiger partial charge in [-0.3, -0.25) is 14.5 Å². The molecule has 0 unspecified atom stereocenters. The largest absolute Gasteiger partial charge is 0.496 e. The van der Waals surface area contributed by atoms with E-state index in [1.165, 1.54) is 7.11 Å². The predicted octanol–water partition coefficient (Wildman–Crippen LogP) is 5.65. The summed E-state index contributed by atoms with van der Waals surface area (Å²) < 4.78 is 17.8. The van der Waals surface area contributed by atoms with Crippen molar-refractivity contribution in [2.24, 2.45) is 0 Å². The van der Waals surface area contributed by atoms with Crippen LogP contribution in [0.15, 0.2) is 36.7 Å². The van der Waals surface area contributed by atoms with E-state index in [2.05, 4.69) is 9.88 Å². The summed E-state index contributed by atoms with van der Waals surface area (Å²) in [6.45, 7) is 9.12. The van der Waals surface area contributed by atoms with Crippen LogP contribution in [-0.2, 0) is 16.0 Å². The monoisotopic (exact) mass is 493 g/mol. The number of methoxy groups -OCH3 is 2. The summed E-state index contributed by atoms with van der Waals surface area (Å²) in [5.74, 6) is 0.399. The van der Waals surface area contributed by atoms with Crippen molar-refractivity contribution in [3.05, 3.63) is 59.0 Å². The molecular weight excluding hydrogens is 458 g/mol. The zero-order valence-electron chi connectivity index (χ0n) is 22.0. The van der Waals surface area contributed by atoms with Gasteiger partial charge in [0.15, 0.2) is 0 Å². The molecule has 0 aliphatic carbocycles. The van der Waals surface area contributed by atoms with E-state index < -0.39 is 17.7 Å². The van der Waals surface area contributed by atoms with Crippen molar-refractivity contribution in [1.29, 1.82) is 0 Å². The number of hydrogen-bond donors (Lipinski definition) is 0. The summed E-state index contributed by atoms with van der Waals surface area (Å²) >= 11 is 0. The molecule has 4 rings (SSSR count). The molecule has 2 aromatic heterocycles. The number of pyridine rings is 1. The molecule has 1 aromatic carbocycles. The lowest BCUT2D eigenvalue weighted by atomic mass is 9.96. The number of likely N-dealkylation sites (tertiary alicyclic amines) is 1. The maximum absolute atomic E-state index is 12.9. The van der Waals surface area contributed by atoms with E-state index in [0.717, 1.165) is 59.3 Å². The highest BCUT2D eigenvalue weighted by Gasteiger charge is 2.28. The summed E-state index contributed by atoms with van der Waals surface area (Å²) in [6.07, 6.45) is 6.13. The highest BCUT2D eigenvalue weighted by atomic mass is 16.6. The number of benzene rings is 1. The zero-order valence-corrected chi connectivity index (χ0v) is 22.0. The number of piperidine rings is 1. The molecular formula is C28H35N3O5. The van der Waals surface area contributed by atoms with Crippen LogP contribution < -0.4 is 4.74 Å². The normalized spacial score (nSPS) is 16.7. The third-order valence-electron chi connectivity index (χ3n) is 6.56. The number of nitrogens with zero attached hydrogens (tertiary/aromatic N) is 3. The second kappa shape index (κ2) is 10.3. The van der Waals surface area contributed by atoms with E-state index in [-0.39, 0.29) is 6.04 Å². The summed E-state index contributed by atoms with van der Waals surface area (Å²) in [5, 5.41) is 0.969. The first-order valence-electron chi connectivity index (χ1n) is 12.3. The van der Waals surface area contributed by atoms with Gasteiger partial charge in [0.1, 0.15) is 11.4 Å². The average molecular weight is 494 g/mol. The van der Waals surface area contributed by atoms with Crippen molar-refractivity contribution in [3.63, 3.8) is 0 Å². The molecule has 3 heterocycles. The van der Waals surface area contributed by atoms with Gasteiger partial charge in [-0.1, -0.05) is 6.42 Å². The molecule has 8 heteroatoms. The van der Waals surface area contributed by atoms with Gasteiger partial charge in [0.05, 0.1) is 37.0 Å². The Kier molecular flexibility index (Phi) is 7.36. The smallest absolute Gasteiger partial charge is 0.419 e. The molecule has 192 valence electrons. The van der Waals surface area contributed by atoms with E-state index in [0.29, 0.717) is 12.1 Å². The minimum atomic E-state index is -0.589. The maximum Gasteiger partial charge on any atom is 0.419 e. The van der Waals surface area contributed by atoms with Gasteiger partial charge in [0, 0.05) is 29.9 Å². The Balaban J connectivity index is 1.70. The van der Waals surface area contributed by atoms with Gasteiger partial charge in [-0.05, 0) is 76.9 Å². The first-order chi connectivity index (χ1) is 17.1. The van der Waals surface area contributed by atoms with Gasteiger partial charge in [0.2, 0.25) is 0 Å². The van der Waals surface area contributed by atoms with Crippen LogP contribution in [0.3, 0.4) is 0 Å². The van der Waals surface area contributed by atoms with Crippen LogP contribution in [0, 0.1) is 6.92 Å². The van der Waals surface area contributed by atoms with E-state index in [9.17, 15) is 9.59 Å². The molecule has 1 aliphatic rings. The highest BCUT2D eigenvalue weighted by Crippen LogP contribution is 2.37. The standard InChI is InChI=1S/C28H35N3O5/c1-18-15-24(34-5)21(20-12-14-31(25(18)20)27(33)36-28(2,3)4)17-30-13-8-7-9-23(30)22-11-10-19(16-29-22)26(32)35-6/h10-12,14-16,23H,7-9,13,17H2,1-6H3/t23-/m0/s1. The maximum atomic E-state index is 12.9. The zero-order chi connectivity index (χ0) is 26.0. The summed E-state index contributed by atoms with van der Waals surface area (Å²) in [6, 6.07) is 7.75. The number of carbonyl (C=O) groups is 2. The lowest BCUT2D eigenvalue weighted by molar-refractivity contribution is 0.0542. The Hall–Kier alpha value is -3.39. The molecule has 1 atom stereocenters. The number of rotatable bonds is 5. The quantitative estimate of drug-likeness (QED) is 0.425. The summed E-state index contributed by atoms with van der Waals surface area (Å²) in [4.78, 5) is 31.8. The van der Waals surface area contributed by atoms with E-state index in [4.69, 9.17) is 14.2 Å². The van der Waals surface area contributed by atoms with Crippen molar-refractivity contribution >= 4 is 23.0 Å². The lowest BCUT2D eigenvalue weighted by Crippen LogP contribution is -2.33. The van der Waals surface area contributed by atoms with Gasteiger partial charge in [0.25, 0.3) is 0 Å². The van der Waals surface area contributed by atoms with Crippen molar-refractivity contribution in [3.8, 4) is 5.75 Å². The number of aryl methyl sites for hydroxylation is 1. The minimum Gasteiger partial charge on any atom is -0.496 e. The van der Waals surface area contributed by atoms with Crippen molar-refractivity contribution < 1.29 is 23.8 Å². The van der Waals surface area contributed by atoms with Crippen molar-refractivity contribution in [2.75, 3.05) is 20.8 Å². The second-order valence-electron chi connectivity index (χ2n) is 10.2. The SMILES string of the molecule is COC(=O)c1ccc([C@@H]2CCCCN2Cc2c(OC)cc(C)c3c2ccn3C(=O)OC(C)(C)C)nc1. The topological polar surface area (TPSA) is 82.9 Å². The molecule has 0 N–H and O–H groups in total. The predicted molar refractivity (Wildman–Crippen MR) is 137 cm³/mol. The van der Waals surface area contributed by atoms with Crippen LogP contribution in [0.5, 0.6) is 5.75 Å². The third kappa shape index (κ3) is 5.23. The number of hydrogen-bond acceptors (Lipinski definition) is 7. The molecule has 0 amide bonds. The van der Waals surface area contributed by atoms with Crippen LogP contribution in [0.4, 0.5) is 4.79 Å². The Morgan fingerprint density at radius 3 is 2.56 bits per heavy atom. The second-order valence-corrected chi connectivity index (χ2v) is 10.2. The Morgan fingerprint density at radius 2 is 1.92 bits per heavy atom. The van der Waals surface area contributed by atoms with Crippen LogP contribution in [0.1, 0.15) is 73.3 Å². The fourth-order valence-electron chi connectivity index (χ4n) is 4.93.